The molecule has 2 aromatic heterocycles. The summed E-state index contributed by atoms with van der Waals surface area (Å²) >= 11 is 0. The molecule has 0 aromatic carbocycles. The molecule has 6 heteroatoms. The molecule has 104 valence electrons. The molecule has 0 saturated heterocycles. The number of hydrogen-bond acceptors (Lipinski definition) is 4. The summed E-state index contributed by atoms with van der Waals surface area (Å²) in [5.74, 6) is 5.71. The largest absolute Gasteiger partial charge is 0.272 e. The van der Waals surface area contributed by atoms with E-state index in [0.717, 1.165) is 36.3 Å². The molecule has 0 radical (unpaired) electrons. The maximum atomic E-state index is 5.71. The van der Waals surface area contributed by atoms with E-state index >= 15 is 0 Å². The minimum Gasteiger partial charge on any atom is -0.272 e. The van der Waals surface area contributed by atoms with Gasteiger partial charge in [0, 0.05) is 25.4 Å². The normalized spacial score (nSPS) is 12.8. The Kier molecular flexibility index (Phi) is 4.34. The van der Waals surface area contributed by atoms with E-state index in [4.69, 9.17) is 5.84 Å². The molecule has 0 saturated carbocycles. The molecule has 19 heavy (non-hydrogen) atoms. The molecule has 0 aliphatic heterocycles. The predicted molar refractivity (Wildman–Crippen MR) is 74.3 cm³/mol. The first-order chi connectivity index (χ1) is 9.19. The minimum atomic E-state index is -0.0802. The van der Waals surface area contributed by atoms with Gasteiger partial charge < -0.3 is 0 Å². The molecule has 1 unspecified atom stereocenters. The van der Waals surface area contributed by atoms with Crippen LogP contribution < -0.4 is 11.3 Å². The van der Waals surface area contributed by atoms with Crippen LogP contribution in [0.4, 0.5) is 0 Å². The van der Waals surface area contributed by atoms with Crippen molar-refractivity contribution in [3.8, 4) is 0 Å². The molecule has 6 nitrogen and oxygen atoms in total. The topological polar surface area (TPSA) is 73.7 Å². The fourth-order valence-corrected chi connectivity index (χ4v) is 2.22. The highest BCUT2D eigenvalue weighted by atomic mass is 15.3. The van der Waals surface area contributed by atoms with Crippen LogP contribution in [-0.2, 0) is 20.0 Å². The molecule has 2 rings (SSSR count). The number of aromatic nitrogens is 4. The Morgan fingerprint density at radius 2 is 2.21 bits per heavy atom. The summed E-state index contributed by atoms with van der Waals surface area (Å²) in [6.07, 6.45) is 5.87. The lowest BCUT2D eigenvalue weighted by molar-refractivity contribution is 0.569. The Morgan fingerprint density at radius 3 is 2.79 bits per heavy atom. The monoisotopic (exact) mass is 262 g/mol. The van der Waals surface area contributed by atoms with Crippen LogP contribution in [-0.4, -0.2) is 19.6 Å². The molecular weight excluding hydrogens is 240 g/mol. The van der Waals surface area contributed by atoms with E-state index in [-0.39, 0.29) is 6.04 Å². The molecule has 0 fully saturated rings. The van der Waals surface area contributed by atoms with Gasteiger partial charge in [-0.15, -0.1) is 0 Å². The number of nitrogens with two attached hydrogens (primary N) is 1. The van der Waals surface area contributed by atoms with Gasteiger partial charge in [-0.05, 0) is 18.9 Å². The Bertz CT molecular complexity index is 527. The molecule has 0 amide bonds. The van der Waals surface area contributed by atoms with Crippen molar-refractivity contribution in [1.29, 1.82) is 0 Å². The van der Waals surface area contributed by atoms with Gasteiger partial charge in [0.15, 0.2) is 0 Å². The van der Waals surface area contributed by atoms with E-state index in [2.05, 4.69) is 35.5 Å². The maximum absolute atomic E-state index is 5.71. The summed E-state index contributed by atoms with van der Waals surface area (Å²) in [5.41, 5.74) is 6.03. The van der Waals surface area contributed by atoms with Crippen LogP contribution in [0.3, 0.4) is 0 Å². The Balaban J connectivity index is 2.29. The van der Waals surface area contributed by atoms with Crippen molar-refractivity contribution in [1.82, 2.24) is 25.0 Å². The van der Waals surface area contributed by atoms with Crippen molar-refractivity contribution in [3.05, 3.63) is 35.4 Å². The van der Waals surface area contributed by atoms with Crippen LogP contribution in [0.15, 0.2) is 18.5 Å². The quantitative estimate of drug-likeness (QED) is 0.605. The smallest absolute Gasteiger partial charge is 0.0908 e. The number of nitrogens with zero attached hydrogens (tertiary/aromatic N) is 4. The highest BCUT2D eigenvalue weighted by molar-refractivity contribution is 5.25. The summed E-state index contributed by atoms with van der Waals surface area (Å²) in [7, 11) is 1.94. The summed E-state index contributed by atoms with van der Waals surface area (Å²) in [6, 6.07) is 2.00. The van der Waals surface area contributed by atoms with Gasteiger partial charge in [-0.2, -0.15) is 10.2 Å². The lowest BCUT2D eigenvalue weighted by Gasteiger charge is -2.14. The van der Waals surface area contributed by atoms with E-state index in [1.807, 2.05) is 28.8 Å². The predicted octanol–water partition coefficient (Wildman–Crippen LogP) is 1.14. The summed E-state index contributed by atoms with van der Waals surface area (Å²) in [5, 5.41) is 8.81. The van der Waals surface area contributed by atoms with Crippen LogP contribution >= 0.6 is 0 Å². The number of nitrogens with one attached hydrogen (secondary N) is 1. The highest BCUT2D eigenvalue weighted by Gasteiger charge is 2.18. The highest BCUT2D eigenvalue weighted by Crippen LogP contribution is 2.21. The molecule has 0 bridgehead atoms. The van der Waals surface area contributed by atoms with E-state index < -0.39 is 0 Å². The zero-order valence-electron chi connectivity index (χ0n) is 11.8. The molecule has 1 atom stereocenters. The third-order valence-corrected chi connectivity index (χ3v) is 3.23. The van der Waals surface area contributed by atoms with Crippen LogP contribution in [0, 0.1) is 0 Å². The second kappa shape index (κ2) is 5.99. The Morgan fingerprint density at radius 1 is 1.42 bits per heavy atom. The number of hydrogen-bond donors (Lipinski definition) is 2. The summed E-state index contributed by atoms with van der Waals surface area (Å²) < 4.78 is 3.82. The molecule has 2 heterocycles. The second-order valence-corrected chi connectivity index (χ2v) is 4.67. The molecule has 0 aliphatic carbocycles. The zero-order chi connectivity index (χ0) is 13.8. The Labute approximate surface area is 113 Å². The molecule has 0 aliphatic rings. The van der Waals surface area contributed by atoms with Crippen molar-refractivity contribution in [2.75, 3.05) is 0 Å². The lowest BCUT2D eigenvalue weighted by atomic mass is 10.1. The van der Waals surface area contributed by atoms with Crippen molar-refractivity contribution in [2.24, 2.45) is 12.9 Å². The van der Waals surface area contributed by atoms with Crippen molar-refractivity contribution >= 4 is 0 Å². The molecule has 2 aromatic rings. The second-order valence-electron chi connectivity index (χ2n) is 4.67. The fraction of sp³-hybridized carbons (Fsp3) is 0.538. The molecule has 0 spiro atoms. The summed E-state index contributed by atoms with van der Waals surface area (Å²) in [4.78, 5) is 0. The fourth-order valence-electron chi connectivity index (χ4n) is 2.22. The van der Waals surface area contributed by atoms with Gasteiger partial charge in [-0.3, -0.25) is 15.2 Å². The zero-order valence-corrected chi connectivity index (χ0v) is 11.8. The summed E-state index contributed by atoms with van der Waals surface area (Å²) in [6.45, 7) is 5.15. The van der Waals surface area contributed by atoms with Gasteiger partial charge >= 0.3 is 0 Å². The standard InChI is InChI=1S/C13H22N6/c1-4-6-19-9-10(8-15-19)13(16-14)12-7-11(5-2)17-18(12)3/h7-9,13,16H,4-6,14H2,1-3H3. The van der Waals surface area contributed by atoms with Crippen molar-refractivity contribution < 1.29 is 0 Å². The average Bonchev–Trinajstić information content (AvgIpc) is 2.99. The SMILES string of the molecule is CCCn1cc(C(NN)c2cc(CC)nn2C)cn1. The number of aryl methyl sites for hydroxylation is 3. The number of rotatable bonds is 6. The van der Waals surface area contributed by atoms with Gasteiger partial charge in [0.2, 0.25) is 0 Å². The first-order valence-corrected chi connectivity index (χ1v) is 6.70. The van der Waals surface area contributed by atoms with Crippen LogP contribution in [0.2, 0.25) is 0 Å². The average molecular weight is 262 g/mol. The van der Waals surface area contributed by atoms with Gasteiger partial charge in [-0.25, -0.2) is 5.43 Å². The van der Waals surface area contributed by atoms with Crippen LogP contribution in [0.5, 0.6) is 0 Å². The number of hydrazine groups is 1. The third kappa shape index (κ3) is 2.85. The van der Waals surface area contributed by atoms with E-state index in [9.17, 15) is 0 Å². The first kappa shape index (κ1) is 13.8. The first-order valence-electron chi connectivity index (χ1n) is 6.70. The van der Waals surface area contributed by atoms with Crippen LogP contribution in [0.1, 0.15) is 43.3 Å². The molecular formula is C13H22N6. The van der Waals surface area contributed by atoms with Crippen molar-refractivity contribution in [3.63, 3.8) is 0 Å². The maximum Gasteiger partial charge on any atom is 0.0908 e. The van der Waals surface area contributed by atoms with Crippen LogP contribution in [0.25, 0.3) is 0 Å². The van der Waals surface area contributed by atoms with E-state index in [0.29, 0.717) is 0 Å². The van der Waals surface area contributed by atoms with Gasteiger partial charge in [0.25, 0.3) is 0 Å². The van der Waals surface area contributed by atoms with E-state index in [1.165, 1.54) is 0 Å². The lowest BCUT2D eigenvalue weighted by Crippen LogP contribution is -2.30. The van der Waals surface area contributed by atoms with Gasteiger partial charge in [-0.1, -0.05) is 13.8 Å². The Hall–Kier alpha value is -1.66. The van der Waals surface area contributed by atoms with Crippen molar-refractivity contribution in [2.45, 2.75) is 39.3 Å². The van der Waals surface area contributed by atoms with Gasteiger partial charge in [0.05, 0.1) is 23.6 Å². The van der Waals surface area contributed by atoms with Gasteiger partial charge in [0.1, 0.15) is 0 Å². The third-order valence-electron chi connectivity index (χ3n) is 3.23. The molecule has 3 N–H and O–H groups in total. The van der Waals surface area contributed by atoms with E-state index in [1.54, 1.807) is 0 Å². The minimum absolute atomic E-state index is 0.0802.